The molecule has 2 fully saturated rings. The van der Waals surface area contributed by atoms with Crippen molar-refractivity contribution in [1.82, 2.24) is 14.7 Å². The number of para-hydroxylation sites is 1. The van der Waals surface area contributed by atoms with E-state index in [0.717, 1.165) is 57.8 Å². The fraction of sp³-hybridized carbons (Fsp3) is 0.579. The molecular weight excluding hydrogens is 316 g/mol. The van der Waals surface area contributed by atoms with Gasteiger partial charge < -0.3 is 10.2 Å². The maximum atomic E-state index is 12.3. The smallest absolute Gasteiger partial charge is 0.238 e. The number of hydrogen-bond donors (Lipinski definition) is 1. The van der Waals surface area contributed by atoms with Crippen LogP contribution in [0.4, 0.5) is 5.69 Å². The number of benzene rings is 1. The summed E-state index contributed by atoms with van der Waals surface area (Å²) in [5.41, 5.74) is 0.832. The Labute approximate surface area is 149 Å². The average Bonchev–Trinajstić information content (AvgIpc) is 2.65. The van der Waals surface area contributed by atoms with E-state index in [9.17, 15) is 9.59 Å². The molecule has 0 atom stereocenters. The summed E-state index contributed by atoms with van der Waals surface area (Å²) in [4.78, 5) is 30.8. The van der Waals surface area contributed by atoms with Gasteiger partial charge in [-0.15, -0.1) is 0 Å². The first-order valence-electron chi connectivity index (χ1n) is 9.28. The second-order valence-corrected chi connectivity index (χ2v) is 6.91. The fourth-order valence-corrected chi connectivity index (χ4v) is 3.47. The Morgan fingerprint density at radius 2 is 1.40 bits per heavy atom. The largest absolute Gasteiger partial charge is 0.342 e. The van der Waals surface area contributed by atoms with Crippen molar-refractivity contribution < 1.29 is 9.59 Å². The van der Waals surface area contributed by atoms with Gasteiger partial charge in [-0.1, -0.05) is 18.2 Å². The van der Waals surface area contributed by atoms with Crippen molar-refractivity contribution in [3.05, 3.63) is 30.3 Å². The lowest BCUT2D eigenvalue weighted by Crippen LogP contribution is -2.51. The third-order valence-corrected chi connectivity index (χ3v) is 4.96. The van der Waals surface area contributed by atoms with E-state index in [1.807, 2.05) is 35.2 Å². The highest BCUT2D eigenvalue weighted by Gasteiger charge is 2.23. The minimum absolute atomic E-state index is 0.0176. The summed E-state index contributed by atoms with van der Waals surface area (Å²) in [5.74, 6) is 0.277. The lowest BCUT2D eigenvalue weighted by molar-refractivity contribution is -0.134. The molecule has 0 saturated carbocycles. The Bertz CT molecular complexity index is 564. The molecule has 136 valence electrons. The van der Waals surface area contributed by atoms with Crippen LogP contribution in [0.3, 0.4) is 0 Å². The zero-order chi connectivity index (χ0) is 17.5. The van der Waals surface area contributed by atoms with E-state index in [4.69, 9.17) is 0 Å². The maximum Gasteiger partial charge on any atom is 0.238 e. The van der Waals surface area contributed by atoms with Crippen molar-refractivity contribution in [3.8, 4) is 0 Å². The van der Waals surface area contributed by atoms with Gasteiger partial charge in [-0.2, -0.15) is 0 Å². The van der Waals surface area contributed by atoms with Crippen molar-refractivity contribution in [2.45, 2.75) is 19.3 Å². The lowest BCUT2D eigenvalue weighted by Gasteiger charge is -2.35. The first-order valence-corrected chi connectivity index (χ1v) is 9.28. The fourth-order valence-electron chi connectivity index (χ4n) is 3.47. The van der Waals surface area contributed by atoms with Crippen molar-refractivity contribution in [2.24, 2.45) is 0 Å². The van der Waals surface area contributed by atoms with Crippen LogP contribution in [0.25, 0.3) is 0 Å². The Kier molecular flexibility index (Phi) is 6.42. The number of nitrogens with one attached hydrogen (secondary N) is 1. The molecule has 0 aliphatic carbocycles. The number of amides is 2. The Hall–Kier alpha value is -1.92. The molecule has 2 saturated heterocycles. The Morgan fingerprint density at radius 3 is 2.04 bits per heavy atom. The molecule has 0 aromatic heterocycles. The van der Waals surface area contributed by atoms with Crippen molar-refractivity contribution in [3.63, 3.8) is 0 Å². The summed E-state index contributed by atoms with van der Waals surface area (Å²) < 4.78 is 0. The predicted octanol–water partition coefficient (Wildman–Crippen LogP) is 1.26. The normalized spacial score (nSPS) is 19.6. The summed E-state index contributed by atoms with van der Waals surface area (Å²) in [6.45, 7) is 6.10. The number of nitrogens with zero attached hydrogens (tertiary/aromatic N) is 3. The van der Waals surface area contributed by atoms with Gasteiger partial charge in [0.05, 0.1) is 13.1 Å². The van der Waals surface area contributed by atoms with E-state index in [-0.39, 0.29) is 11.8 Å². The highest BCUT2D eigenvalue weighted by atomic mass is 16.2. The van der Waals surface area contributed by atoms with Crippen molar-refractivity contribution >= 4 is 17.5 Å². The molecule has 0 unspecified atom stereocenters. The maximum absolute atomic E-state index is 12.3. The summed E-state index contributed by atoms with van der Waals surface area (Å²) in [5, 5.41) is 2.92. The summed E-state index contributed by atoms with van der Waals surface area (Å²) in [6.07, 6.45) is 3.51. The molecule has 0 radical (unpaired) electrons. The van der Waals surface area contributed by atoms with Gasteiger partial charge in [-0.3, -0.25) is 19.4 Å². The van der Waals surface area contributed by atoms with Crippen LogP contribution in [0, 0.1) is 0 Å². The van der Waals surface area contributed by atoms with E-state index >= 15 is 0 Å². The summed E-state index contributed by atoms with van der Waals surface area (Å²) >= 11 is 0. The highest BCUT2D eigenvalue weighted by Crippen LogP contribution is 2.10. The van der Waals surface area contributed by atoms with E-state index in [2.05, 4.69) is 15.1 Å². The second-order valence-electron chi connectivity index (χ2n) is 6.91. The van der Waals surface area contributed by atoms with Crippen LogP contribution in [0.2, 0.25) is 0 Å². The van der Waals surface area contributed by atoms with Gasteiger partial charge in [0, 0.05) is 45.0 Å². The molecule has 2 aliphatic heterocycles. The molecular formula is C19H28N4O2. The molecule has 2 aliphatic rings. The third kappa shape index (κ3) is 5.54. The Balaban J connectivity index is 1.36. The number of rotatable bonds is 5. The predicted molar refractivity (Wildman–Crippen MR) is 98.4 cm³/mol. The lowest BCUT2D eigenvalue weighted by atomic mass is 10.1. The van der Waals surface area contributed by atoms with Gasteiger partial charge in [0.1, 0.15) is 0 Å². The van der Waals surface area contributed by atoms with Crippen LogP contribution < -0.4 is 5.32 Å². The van der Waals surface area contributed by atoms with E-state index < -0.39 is 0 Å². The minimum atomic E-state index is 0.0176. The van der Waals surface area contributed by atoms with Gasteiger partial charge in [0.15, 0.2) is 0 Å². The number of anilines is 1. The van der Waals surface area contributed by atoms with Gasteiger partial charge in [-0.05, 0) is 31.4 Å². The number of hydrogen-bond acceptors (Lipinski definition) is 4. The number of carbonyl (C=O) groups excluding carboxylic acids is 2. The molecule has 0 spiro atoms. The van der Waals surface area contributed by atoms with Crippen LogP contribution in [0.15, 0.2) is 30.3 Å². The zero-order valence-electron chi connectivity index (χ0n) is 14.8. The van der Waals surface area contributed by atoms with Crippen LogP contribution >= 0.6 is 0 Å². The molecule has 2 heterocycles. The summed E-state index contributed by atoms with van der Waals surface area (Å²) in [6, 6.07) is 9.53. The standard InChI is InChI=1S/C19H28N4O2/c24-18(20-17-7-3-1-4-8-17)15-21-11-13-22(14-12-21)16-19(25)23-9-5-2-6-10-23/h1,3-4,7-8H,2,5-6,9-16H2,(H,20,24). The van der Waals surface area contributed by atoms with E-state index in [0.29, 0.717) is 13.1 Å². The van der Waals surface area contributed by atoms with Crippen LogP contribution in [-0.2, 0) is 9.59 Å². The van der Waals surface area contributed by atoms with Gasteiger partial charge in [0.2, 0.25) is 11.8 Å². The first kappa shape index (κ1) is 17.9. The number of piperazine rings is 1. The van der Waals surface area contributed by atoms with Crippen LogP contribution in [-0.4, -0.2) is 78.9 Å². The number of piperidine rings is 1. The summed E-state index contributed by atoms with van der Waals surface area (Å²) in [7, 11) is 0. The molecule has 2 amide bonds. The second kappa shape index (κ2) is 8.97. The molecule has 6 heteroatoms. The van der Waals surface area contributed by atoms with Gasteiger partial charge in [0.25, 0.3) is 0 Å². The zero-order valence-corrected chi connectivity index (χ0v) is 14.8. The van der Waals surface area contributed by atoms with E-state index in [1.54, 1.807) is 0 Å². The van der Waals surface area contributed by atoms with Crippen LogP contribution in [0.1, 0.15) is 19.3 Å². The number of carbonyl (C=O) groups is 2. The molecule has 1 N–H and O–H groups in total. The average molecular weight is 344 g/mol. The van der Waals surface area contributed by atoms with Gasteiger partial charge in [-0.25, -0.2) is 0 Å². The molecule has 0 bridgehead atoms. The Morgan fingerprint density at radius 1 is 0.800 bits per heavy atom. The third-order valence-electron chi connectivity index (χ3n) is 4.96. The van der Waals surface area contributed by atoms with Crippen molar-refractivity contribution in [1.29, 1.82) is 0 Å². The quantitative estimate of drug-likeness (QED) is 0.874. The molecule has 1 aromatic rings. The monoisotopic (exact) mass is 344 g/mol. The molecule has 25 heavy (non-hydrogen) atoms. The molecule has 3 rings (SSSR count). The number of likely N-dealkylation sites (tertiary alicyclic amines) is 1. The van der Waals surface area contributed by atoms with Gasteiger partial charge >= 0.3 is 0 Å². The minimum Gasteiger partial charge on any atom is -0.342 e. The topological polar surface area (TPSA) is 55.9 Å². The van der Waals surface area contributed by atoms with E-state index in [1.165, 1.54) is 6.42 Å². The first-order chi connectivity index (χ1) is 12.2. The highest BCUT2D eigenvalue weighted by molar-refractivity contribution is 5.92. The van der Waals surface area contributed by atoms with Crippen LogP contribution in [0.5, 0.6) is 0 Å². The molecule has 1 aromatic carbocycles. The SMILES string of the molecule is O=C(CN1CCN(CC(=O)N2CCCCC2)CC1)Nc1ccccc1. The van der Waals surface area contributed by atoms with Crippen molar-refractivity contribution in [2.75, 3.05) is 57.7 Å². The molecule has 6 nitrogen and oxygen atoms in total.